The number of rotatable bonds is 5. The van der Waals surface area contributed by atoms with Gasteiger partial charge in [-0.3, -0.25) is 0 Å². The maximum Gasteiger partial charge on any atom is 0.349 e. The van der Waals surface area contributed by atoms with Gasteiger partial charge in [0.1, 0.15) is 9.76 Å². The van der Waals surface area contributed by atoms with E-state index in [0.717, 1.165) is 0 Å². The summed E-state index contributed by atoms with van der Waals surface area (Å²) in [6.07, 6.45) is 0. The van der Waals surface area contributed by atoms with Gasteiger partial charge in [0.05, 0.1) is 0 Å². The van der Waals surface area contributed by atoms with Crippen LogP contribution in [0.1, 0.15) is 0 Å². The molecule has 0 heterocycles. The monoisotopic (exact) mass is 222 g/mol. The van der Waals surface area contributed by atoms with Crippen molar-refractivity contribution in [2.75, 3.05) is 0 Å². The molecular formula is C6H18O3Si3. The SMILES string of the molecule is C=C[Si](C)(O)O[Si](C)(C)O[SiH2]C. The van der Waals surface area contributed by atoms with Crippen LogP contribution in [0.3, 0.4) is 0 Å². The molecule has 0 aliphatic rings. The molecule has 0 aliphatic carbocycles. The van der Waals surface area contributed by atoms with E-state index in [2.05, 4.69) is 13.1 Å². The highest BCUT2D eigenvalue weighted by Gasteiger charge is 2.34. The van der Waals surface area contributed by atoms with Gasteiger partial charge in [-0.25, -0.2) is 0 Å². The molecule has 6 heteroatoms. The van der Waals surface area contributed by atoms with Crippen LogP contribution in [0.15, 0.2) is 12.3 Å². The Hall–Kier alpha value is 0.271. The van der Waals surface area contributed by atoms with E-state index in [0.29, 0.717) is 0 Å². The second-order valence-corrected chi connectivity index (χ2v) is 11.1. The molecule has 0 radical (unpaired) electrons. The summed E-state index contributed by atoms with van der Waals surface area (Å²) in [4.78, 5) is 9.65. The van der Waals surface area contributed by atoms with Gasteiger partial charge in [0.25, 0.3) is 0 Å². The highest BCUT2D eigenvalue weighted by Crippen LogP contribution is 2.13. The highest BCUT2D eigenvalue weighted by atomic mass is 28.5. The van der Waals surface area contributed by atoms with Gasteiger partial charge in [-0.2, -0.15) is 0 Å². The Morgan fingerprint density at radius 2 is 1.92 bits per heavy atom. The zero-order valence-electron chi connectivity index (χ0n) is 8.26. The Morgan fingerprint density at radius 3 is 2.25 bits per heavy atom. The molecular weight excluding hydrogens is 204 g/mol. The number of hydrogen-bond donors (Lipinski definition) is 1. The van der Waals surface area contributed by atoms with Crippen LogP contribution < -0.4 is 0 Å². The van der Waals surface area contributed by atoms with E-state index in [-0.39, 0.29) is 0 Å². The normalized spacial score (nSPS) is 18.1. The van der Waals surface area contributed by atoms with Crippen molar-refractivity contribution in [1.29, 1.82) is 0 Å². The van der Waals surface area contributed by atoms with E-state index in [1.807, 2.05) is 13.1 Å². The first-order valence-corrected chi connectivity index (χ1v) is 11.3. The lowest BCUT2D eigenvalue weighted by Crippen LogP contribution is -2.47. The van der Waals surface area contributed by atoms with Crippen molar-refractivity contribution < 1.29 is 13.0 Å². The zero-order chi connectivity index (χ0) is 9.83. The van der Waals surface area contributed by atoms with Gasteiger partial charge in [-0.1, -0.05) is 12.2 Å². The van der Waals surface area contributed by atoms with Gasteiger partial charge >= 0.3 is 17.1 Å². The van der Waals surface area contributed by atoms with Crippen molar-refractivity contribution in [3.05, 3.63) is 12.3 Å². The molecule has 1 atom stereocenters. The standard InChI is InChI=1S/C6H18O3Si3/c1-6-12(5,7)9-11(3,4)8-10-2/h6-7H,1,10H2,2-5H3. The van der Waals surface area contributed by atoms with E-state index in [4.69, 9.17) is 8.23 Å². The Kier molecular flexibility index (Phi) is 4.59. The van der Waals surface area contributed by atoms with Crippen LogP contribution in [0, 0.1) is 0 Å². The first-order chi connectivity index (χ1) is 5.33. The molecule has 12 heavy (non-hydrogen) atoms. The van der Waals surface area contributed by atoms with Gasteiger partial charge in [-0.15, -0.1) is 6.58 Å². The van der Waals surface area contributed by atoms with Crippen LogP contribution in [0.5, 0.6) is 0 Å². The second kappa shape index (κ2) is 4.49. The molecule has 72 valence electrons. The molecule has 1 unspecified atom stereocenters. The van der Waals surface area contributed by atoms with E-state index in [9.17, 15) is 4.80 Å². The quantitative estimate of drug-likeness (QED) is 0.694. The summed E-state index contributed by atoms with van der Waals surface area (Å²) in [6.45, 7) is 11.2. The molecule has 0 bridgehead atoms. The fourth-order valence-electron chi connectivity index (χ4n) is 0.916. The minimum atomic E-state index is -2.63. The summed E-state index contributed by atoms with van der Waals surface area (Å²) in [7, 11) is -5.14. The van der Waals surface area contributed by atoms with Gasteiger partial charge in [0.15, 0.2) is 0 Å². The van der Waals surface area contributed by atoms with E-state index in [1.54, 1.807) is 6.55 Å². The summed E-state index contributed by atoms with van der Waals surface area (Å²) in [5.41, 5.74) is 1.52. The number of hydrogen-bond acceptors (Lipinski definition) is 3. The maximum absolute atomic E-state index is 9.65. The Balaban J connectivity index is 4.12. The molecule has 0 rings (SSSR count). The average molecular weight is 222 g/mol. The van der Waals surface area contributed by atoms with Crippen LogP contribution in [0.2, 0.25) is 26.2 Å². The summed E-state index contributed by atoms with van der Waals surface area (Å²) in [5.74, 6) is 0. The second-order valence-electron chi connectivity index (χ2n) is 3.19. The molecule has 0 fully saturated rings. The van der Waals surface area contributed by atoms with Crippen molar-refractivity contribution in [2.24, 2.45) is 0 Å². The smallest absolute Gasteiger partial charge is 0.349 e. The van der Waals surface area contributed by atoms with Crippen molar-refractivity contribution in [3.8, 4) is 0 Å². The highest BCUT2D eigenvalue weighted by molar-refractivity contribution is 6.82. The Morgan fingerprint density at radius 1 is 1.42 bits per heavy atom. The maximum atomic E-state index is 9.65. The molecule has 0 spiro atoms. The summed E-state index contributed by atoms with van der Waals surface area (Å²) in [5, 5.41) is 0. The molecule has 0 aromatic rings. The largest absolute Gasteiger partial charge is 0.442 e. The summed E-state index contributed by atoms with van der Waals surface area (Å²) >= 11 is 0. The van der Waals surface area contributed by atoms with E-state index in [1.165, 1.54) is 5.70 Å². The van der Waals surface area contributed by atoms with Crippen LogP contribution in [0.25, 0.3) is 0 Å². The lowest BCUT2D eigenvalue weighted by atomic mass is 11.3. The molecule has 0 amide bonds. The molecule has 0 saturated heterocycles. The minimum Gasteiger partial charge on any atom is -0.442 e. The first-order valence-electron chi connectivity index (χ1n) is 4.03. The van der Waals surface area contributed by atoms with Crippen LogP contribution in [-0.4, -0.2) is 31.7 Å². The van der Waals surface area contributed by atoms with Gasteiger partial charge in [0, 0.05) is 0 Å². The van der Waals surface area contributed by atoms with E-state index < -0.39 is 26.9 Å². The van der Waals surface area contributed by atoms with Crippen molar-refractivity contribution in [3.63, 3.8) is 0 Å². The average Bonchev–Trinajstić information content (AvgIpc) is 1.85. The predicted octanol–water partition coefficient (Wildman–Crippen LogP) is 0.643. The van der Waals surface area contributed by atoms with Gasteiger partial charge in [0.2, 0.25) is 0 Å². The molecule has 0 aliphatic heterocycles. The van der Waals surface area contributed by atoms with Gasteiger partial charge < -0.3 is 13.0 Å². The van der Waals surface area contributed by atoms with Crippen LogP contribution in [-0.2, 0) is 8.23 Å². The molecule has 0 aromatic carbocycles. The van der Waals surface area contributed by atoms with Crippen molar-refractivity contribution in [2.45, 2.75) is 26.2 Å². The minimum absolute atomic E-state index is 0.453. The van der Waals surface area contributed by atoms with Gasteiger partial charge in [-0.05, 0) is 19.6 Å². The zero-order valence-corrected chi connectivity index (χ0v) is 11.7. The Labute approximate surface area is 78.8 Å². The Bertz CT molecular complexity index is 158. The fraction of sp³-hybridized carbons (Fsp3) is 0.667. The predicted molar refractivity (Wildman–Crippen MR) is 58.1 cm³/mol. The van der Waals surface area contributed by atoms with Crippen molar-refractivity contribution in [1.82, 2.24) is 0 Å². The third-order valence-corrected chi connectivity index (χ3v) is 9.64. The van der Waals surface area contributed by atoms with Crippen LogP contribution in [0.4, 0.5) is 0 Å². The first kappa shape index (κ1) is 12.3. The lowest BCUT2D eigenvalue weighted by Gasteiger charge is -2.29. The third kappa shape index (κ3) is 5.01. The molecule has 0 aromatic heterocycles. The summed E-state index contributed by atoms with van der Waals surface area (Å²) < 4.78 is 11.1. The molecule has 0 saturated carbocycles. The third-order valence-electron chi connectivity index (χ3n) is 1.32. The molecule has 3 nitrogen and oxygen atoms in total. The van der Waals surface area contributed by atoms with E-state index >= 15 is 0 Å². The lowest BCUT2D eigenvalue weighted by molar-refractivity contribution is 0.339. The van der Waals surface area contributed by atoms with Crippen LogP contribution >= 0.6 is 0 Å². The summed E-state index contributed by atoms with van der Waals surface area (Å²) in [6, 6.07) is 0. The fourth-order valence-corrected chi connectivity index (χ4v) is 8.78. The van der Waals surface area contributed by atoms with Crippen molar-refractivity contribution >= 4 is 26.9 Å². The topological polar surface area (TPSA) is 38.7 Å². The molecule has 1 N–H and O–H groups in total.